The zero-order chi connectivity index (χ0) is 13.9. The molecule has 0 saturated heterocycles. The fourth-order valence-corrected chi connectivity index (χ4v) is 1.83. The van der Waals surface area contributed by atoms with Gasteiger partial charge in [0.05, 0.1) is 12.8 Å². The van der Waals surface area contributed by atoms with Crippen LogP contribution in [0.25, 0.3) is 0 Å². The standard InChI is InChI=1S/C14H11NO5/c16-10(7-15-14(17)12-2-1-5-18-12)9-3-4-11-13(6-9)20-8-19-11/h1-6H,7-8H2,(H,15,17). The Bertz CT molecular complexity index is 648. The third kappa shape index (κ3) is 2.35. The first kappa shape index (κ1) is 12.3. The molecule has 0 aliphatic carbocycles. The number of benzene rings is 1. The fraction of sp³-hybridized carbons (Fsp3) is 0.143. The molecule has 1 aromatic heterocycles. The second kappa shape index (κ2) is 5.08. The maximum Gasteiger partial charge on any atom is 0.287 e. The first-order valence-corrected chi connectivity index (χ1v) is 5.98. The molecular formula is C14H11NO5. The quantitative estimate of drug-likeness (QED) is 0.856. The first-order valence-electron chi connectivity index (χ1n) is 5.98. The Balaban J connectivity index is 1.63. The van der Waals surface area contributed by atoms with Crippen LogP contribution < -0.4 is 14.8 Å². The lowest BCUT2D eigenvalue weighted by atomic mass is 10.1. The maximum absolute atomic E-state index is 12.0. The molecule has 0 spiro atoms. The van der Waals surface area contributed by atoms with Gasteiger partial charge < -0.3 is 19.2 Å². The van der Waals surface area contributed by atoms with Gasteiger partial charge in [0.15, 0.2) is 23.0 Å². The summed E-state index contributed by atoms with van der Waals surface area (Å²) in [6.07, 6.45) is 1.40. The van der Waals surface area contributed by atoms with Crippen molar-refractivity contribution in [3.05, 3.63) is 47.9 Å². The first-order chi connectivity index (χ1) is 9.74. The van der Waals surface area contributed by atoms with Crippen LogP contribution in [-0.4, -0.2) is 25.0 Å². The summed E-state index contributed by atoms with van der Waals surface area (Å²) in [4.78, 5) is 23.6. The second-order valence-corrected chi connectivity index (χ2v) is 4.15. The largest absolute Gasteiger partial charge is 0.459 e. The molecule has 2 aromatic rings. The third-order valence-electron chi connectivity index (χ3n) is 2.85. The predicted molar refractivity (Wildman–Crippen MR) is 67.9 cm³/mol. The van der Waals surface area contributed by atoms with Crippen molar-refractivity contribution in [1.29, 1.82) is 0 Å². The molecule has 0 bridgehead atoms. The van der Waals surface area contributed by atoms with Gasteiger partial charge in [0.2, 0.25) is 6.79 Å². The topological polar surface area (TPSA) is 77.8 Å². The summed E-state index contributed by atoms with van der Waals surface area (Å²) < 4.78 is 15.3. The van der Waals surface area contributed by atoms with Crippen LogP contribution in [0.1, 0.15) is 20.9 Å². The van der Waals surface area contributed by atoms with Gasteiger partial charge in [0.25, 0.3) is 5.91 Å². The van der Waals surface area contributed by atoms with Gasteiger partial charge in [0.1, 0.15) is 0 Å². The smallest absolute Gasteiger partial charge is 0.287 e. The molecular weight excluding hydrogens is 262 g/mol. The van der Waals surface area contributed by atoms with Crippen molar-refractivity contribution >= 4 is 11.7 Å². The van der Waals surface area contributed by atoms with E-state index in [-0.39, 0.29) is 24.9 Å². The van der Waals surface area contributed by atoms with Gasteiger partial charge in [0, 0.05) is 5.56 Å². The molecule has 6 nitrogen and oxygen atoms in total. The molecule has 1 aliphatic heterocycles. The van der Waals surface area contributed by atoms with Crippen LogP contribution in [0.2, 0.25) is 0 Å². The minimum absolute atomic E-state index is 0.112. The number of hydrogen-bond acceptors (Lipinski definition) is 5. The van der Waals surface area contributed by atoms with Gasteiger partial charge in [-0.2, -0.15) is 0 Å². The molecule has 3 rings (SSSR count). The highest BCUT2D eigenvalue weighted by atomic mass is 16.7. The summed E-state index contributed by atoms with van der Waals surface area (Å²) in [6.45, 7) is 0.0430. The molecule has 1 amide bonds. The normalized spacial score (nSPS) is 12.2. The van der Waals surface area contributed by atoms with Crippen molar-refractivity contribution in [3.63, 3.8) is 0 Å². The van der Waals surface area contributed by atoms with E-state index in [2.05, 4.69) is 5.32 Å². The minimum Gasteiger partial charge on any atom is -0.459 e. The van der Waals surface area contributed by atoms with Gasteiger partial charge in [-0.25, -0.2) is 0 Å². The number of nitrogens with one attached hydrogen (secondary N) is 1. The van der Waals surface area contributed by atoms with Crippen LogP contribution in [0.3, 0.4) is 0 Å². The summed E-state index contributed by atoms with van der Waals surface area (Å²) in [7, 11) is 0. The van der Waals surface area contributed by atoms with E-state index in [1.165, 1.54) is 12.3 Å². The van der Waals surface area contributed by atoms with Crippen LogP contribution in [0.5, 0.6) is 11.5 Å². The Hall–Kier alpha value is -2.76. The highest BCUT2D eigenvalue weighted by Crippen LogP contribution is 2.32. The average Bonchev–Trinajstić information content (AvgIpc) is 3.13. The number of hydrogen-bond donors (Lipinski definition) is 1. The van der Waals surface area contributed by atoms with Crippen LogP contribution in [0.15, 0.2) is 41.0 Å². The van der Waals surface area contributed by atoms with E-state index in [0.717, 1.165) is 0 Å². The minimum atomic E-state index is -0.427. The van der Waals surface area contributed by atoms with E-state index in [1.807, 2.05) is 0 Å². The Morgan fingerprint density at radius 3 is 2.80 bits per heavy atom. The second-order valence-electron chi connectivity index (χ2n) is 4.15. The van der Waals surface area contributed by atoms with Crippen LogP contribution in [-0.2, 0) is 0 Å². The summed E-state index contributed by atoms with van der Waals surface area (Å²) in [5, 5.41) is 2.50. The molecule has 1 aromatic carbocycles. The molecule has 2 heterocycles. The highest BCUT2D eigenvalue weighted by Gasteiger charge is 2.17. The predicted octanol–water partition coefficient (Wildman–Crippen LogP) is 1.62. The molecule has 0 unspecified atom stereocenters. The summed E-state index contributed by atoms with van der Waals surface area (Å²) in [5.74, 6) is 0.671. The van der Waals surface area contributed by atoms with E-state index in [0.29, 0.717) is 17.1 Å². The van der Waals surface area contributed by atoms with Gasteiger partial charge in [-0.3, -0.25) is 9.59 Å². The van der Waals surface area contributed by atoms with Gasteiger partial charge in [-0.1, -0.05) is 0 Å². The summed E-state index contributed by atoms with van der Waals surface area (Å²) in [6, 6.07) is 8.04. The Kier molecular flexibility index (Phi) is 3.12. The molecule has 1 aliphatic rings. The molecule has 6 heteroatoms. The Labute approximate surface area is 114 Å². The van der Waals surface area contributed by atoms with Crippen LogP contribution in [0, 0.1) is 0 Å². The van der Waals surface area contributed by atoms with Crippen molar-refractivity contribution in [3.8, 4) is 11.5 Å². The molecule has 102 valence electrons. The molecule has 0 radical (unpaired) electrons. The Morgan fingerprint density at radius 2 is 2.00 bits per heavy atom. The lowest BCUT2D eigenvalue weighted by molar-refractivity contribution is 0.0885. The van der Waals surface area contributed by atoms with Crippen molar-refractivity contribution in [1.82, 2.24) is 5.32 Å². The number of fused-ring (bicyclic) bond motifs is 1. The van der Waals surface area contributed by atoms with Gasteiger partial charge in [-0.05, 0) is 30.3 Å². The van der Waals surface area contributed by atoms with Crippen molar-refractivity contribution in [2.45, 2.75) is 0 Å². The van der Waals surface area contributed by atoms with Crippen molar-refractivity contribution in [2.24, 2.45) is 0 Å². The molecule has 1 N–H and O–H groups in total. The zero-order valence-corrected chi connectivity index (χ0v) is 10.4. The maximum atomic E-state index is 12.0. The monoisotopic (exact) mass is 273 g/mol. The third-order valence-corrected chi connectivity index (χ3v) is 2.85. The van der Waals surface area contributed by atoms with Crippen LogP contribution in [0.4, 0.5) is 0 Å². The molecule has 0 fully saturated rings. The average molecular weight is 273 g/mol. The zero-order valence-electron chi connectivity index (χ0n) is 10.4. The van der Waals surface area contributed by atoms with Crippen molar-refractivity contribution < 1.29 is 23.5 Å². The van der Waals surface area contributed by atoms with E-state index in [4.69, 9.17) is 13.9 Å². The van der Waals surface area contributed by atoms with E-state index in [1.54, 1.807) is 24.3 Å². The number of ketones is 1. The SMILES string of the molecule is O=C(CNC(=O)c1ccco1)c1ccc2c(c1)OCO2. The molecule has 20 heavy (non-hydrogen) atoms. The lowest BCUT2D eigenvalue weighted by Crippen LogP contribution is -2.29. The van der Waals surface area contributed by atoms with E-state index >= 15 is 0 Å². The van der Waals surface area contributed by atoms with Gasteiger partial charge in [-0.15, -0.1) is 0 Å². The number of rotatable bonds is 4. The number of amides is 1. The lowest BCUT2D eigenvalue weighted by Gasteiger charge is -2.04. The Morgan fingerprint density at radius 1 is 1.15 bits per heavy atom. The highest BCUT2D eigenvalue weighted by molar-refractivity contribution is 6.01. The molecule has 0 atom stereocenters. The number of carbonyl (C=O) groups is 2. The van der Waals surface area contributed by atoms with Crippen molar-refractivity contribution in [2.75, 3.05) is 13.3 Å². The van der Waals surface area contributed by atoms with E-state index < -0.39 is 5.91 Å². The molecule has 0 saturated carbocycles. The summed E-state index contributed by atoms with van der Waals surface area (Å²) >= 11 is 0. The van der Waals surface area contributed by atoms with Gasteiger partial charge >= 0.3 is 0 Å². The number of carbonyl (C=O) groups excluding carboxylic acids is 2. The van der Waals surface area contributed by atoms with E-state index in [9.17, 15) is 9.59 Å². The fourth-order valence-electron chi connectivity index (χ4n) is 1.83. The number of Topliss-reactive ketones (excluding diaryl/α,β-unsaturated/α-hetero) is 1. The number of furan rings is 1. The van der Waals surface area contributed by atoms with Crippen LogP contribution >= 0.6 is 0 Å². The summed E-state index contributed by atoms with van der Waals surface area (Å²) in [5.41, 5.74) is 0.453. The number of ether oxygens (including phenoxy) is 2.